The van der Waals surface area contributed by atoms with Gasteiger partial charge in [-0.15, -0.1) is 0 Å². The minimum atomic E-state index is -0.604. The molecule has 1 atom stereocenters. The second-order valence-corrected chi connectivity index (χ2v) is 9.88. The Kier molecular flexibility index (Phi) is 9.37. The number of cyclic esters (lactones) is 1. The Morgan fingerprint density at radius 3 is 2.37 bits per heavy atom. The first-order chi connectivity index (χ1) is 19.6. The molecule has 0 spiro atoms. The van der Waals surface area contributed by atoms with Crippen LogP contribution in [-0.4, -0.2) is 86.4 Å². The van der Waals surface area contributed by atoms with E-state index in [4.69, 9.17) is 10.5 Å². The number of nitrogens with one attached hydrogen (secondary N) is 2. The van der Waals surface area contributed by atoms with Gasteiger partial charge >= 0.3 is 6.09 Å². The van der Waals surface area contributed by atoms with Crippen LogP contribution in [0.5, 0.6) is 0 Å². The summed E-state index contributed by atoms with van der Waals surface area (Å²) in [6, 6.07) is 11.1. The van der Waals surface area contributed by atoms with Crippen molar-refractivity contribution in [3.63, 3.8) is 0 Å². The van der Waals surface area contributed by atoms with Crippen molar-refractivity contribution in [3.05, 3.63) is 53.8 Å². The van der Waals surface area contributed by atoms with E-state index < -0.39 is 23.9 Å². The molecule has 218 valence electrons. The second-order valence-electron chi connectivity index (χ2n) is 9.88. The van der Waals surface area contributed by atoms with Crippen LogP contribution in [0.2, 0.25) is 0 Å². The number of amides is 4. The number of hydrogen-bond acceptors (Lipinski definition) is 8. The zero-order valence-corrected chi connectivity index (χ0v) is 22.7. The molecule has 2 aliphatic heterocycles. The van der Waals surface area contributed by atoms with Crippen molar-refractivity contribution >= 4 is 46.7 Å². The standard InChI is InChI=1S/C28H33FN6O6/c1-18(36)31-15-22-17-35(28(40)41-22)21-6-7-24(23(29)14-21)33-10-12-34(13-11-33)27(39)9-8-25(37)19-2-4-20(5-3-19)32-16-26(30)38/h2-7,14,22,32H,8-13,15-17H2,1H3,(H2,30,38)(H,31,36)/t22-/m0/s1. The lowest BCUT2D eigenvalue weighted by atomic mass is 10.1. The van der Waals surface area contributed by atoms with Gasteiger partial charge in [0.2, 0.25) is 17.7 Å². The van der Waals surface area contributed by atoms with Gasteiger partial charge in [0.1, 0.15) is 11.9 Å². The van der Waals surface area contributed by atoms with Crippen molar-refractivity contribution in [1.82, 2.24) is 10.2 Å². The van der Waals surface area contributed by atoms with Gasteiger partial charge in [-0.05, 0) is 42.5 Å². The number of nitrogens with two attached hydrogens (primary N) is 1. The summed E-state index contributed by atoms with van der Waals surface area (Å²) < 4.78 is 20.3. The predicted molar refractivity (Wildman–Crippen MR) is 149 cm³/mol. The number of halogens is 1. The third-order valence-electron chi connectivity index (χ3n) is 6.91. The lowest BCUT2D eigenvalue weighted by Crippen LogP contribution is -2.49. The molecular formula is C28H33FN6O6. The zero-order valence-electron chi connectivity index (χ0n) is 22.7. The third kappa shape index (κ3) is 7.71. The van der Waals surface area contributed by atoms with Gasteiger partial charge in [0, 0.05) is 57.2 Å². The summed E-state index contributed by atoms with van der Waals surface area (Å²) in [5.74, 6) is -1.53. The first-order valence-electron chi connectivity index (χ1n) is 13.3. The maximum atomic E-state index is 15.1. The monoisotopic (exact) mass is 568 g/mol. The molecule has 2 fully saturated rings. The van der Waals surface area contributed by atoms with Crippen molar-refractivity contribution in [2.24, 2.45) is 5.73 Å². The van der Waals surface area contributed by atoms with Crippen molar-refractivity contribution in [3.8, 4) is 0 Å². The largest absolute Gasteiger partial charge is 0.442 e. The van der Waals surface area contributed by atoms with Crippen LogP contribution in [0.15, 0.2) is 42.5 Å². The summed E-state index contributed by atoms with van der Waals surface area (Å²) in [5, 5.41) is 5.44. The Bertz CT molecular complexity index is 1310. The first kappa shape index (κ1) is 29.3. The van der Waals surface area contributed by atoms with Crippen LogP contribution in [0.4, 0.5) is 26.2 Å². The molecule has 2 aromatic rings. The Morgan fingerprint density at radius 2 is 1.73 bits per heavy atom. The fourth-order valence-electron chi connectivity index (χ4n) is 4.70. The van der Waals surface area contributed by atoms with Crippen molar-refractivity contribution in [2.75, 3.05) is 60.9 Å². The number of piperazine rings is 1. The summed E-state index contributed by atoms with van der Waals surface area (Å²) in [4.78, 5) is 64.3. The number of hydrogen-bond donors (Lipinski definition) is 3. The average molecular weight is 569 g/mol. The highest BCUT2D eigenvalue weighted by molar-refractivity contribution is 5.98. The highest BCUT2D eigenvalue weighted by atomic mass is 19.1. The van der Waals surface area contributed by atoms with Crippen LogP contribution in [0, 0.1) is 5.82 Å². The molecule has 4 N–H and O–H groups in total. The van der Waals surface area contributed by atoms with Gasteiger partial charge in [0.05, 0.1) is 31.0 Å². The van der Waals surface area contributed by atoms with Crippen LogP contribution in [0.25, 0.3) is 0 Å². The Hall–Kier alpha value is -4.68. The van der Waals surface area contributed by atoms with Crippen molar-refractivity contribution in [1.29, 1.82) is 0 Å². The maximum Gasteiger partial charge on any atom is 0.414 e. The number of benzene rings is 2. The molecule has 4 amide bonds. The van der Waals surface area contributed by atoms with Gasteiger partial charge in [-0.25, -0.2) is 9.18 Å². The van der Waals surface area contributed by atoms with E-state index >= 15 is 4.39 Å². The van der Waals surface area contributed by atoms with Crippen LogP contribution >= 0.6 is 0 Å². The third-order valence-corrected chi connectivity index (χ3v) is 6.91. The molecule has 2 saturated heterocycles. The maximum absolute atomic E-state index is 15.1. The SMILES string of the molecule is CC(=O)NC[C@H]1CN(c2ccc(N3CCN(C(=O)CCC(=O)c4ccc(NCC(N)=O)cc4)CC3)c(F)c2)C(=O)O1. The van der Waals surface area contributed by atoms with Gasteiger partial charge in [0.25, 0.3) is 0 Å². The van der Waals surface area contributed by atoms with E-state index in [0.717, 1.165) is 0 Å². The fraction of sp³-hybridized carbons (Fsp3) is 0.393. The lowest BCUT2D eigenvalue weighted by Gasteiger charge is -2.36. The molecule has 0 aromatic heterocycles. The number of nitrogens with zero attached hydrogens (tertiary/aromatic N) is 3. The molecule has 0 radical (unpaired) electrons. The number of ketones is 1. The van der Waals surface area contributed by atoms with E-state index in [9.17, 15) is 24.0 Å². The molecule has 0 bridgehead atoms. The minimum Gasteiger partial charge on any atom is -0.442 e. The van der Waals surface area contributed by atoms with E-state index in [2.05, 4.69) is 10.6 Å². The molecule has 2 aliphatic rings. The molecule has 13 heteroatoms. The predicted octanol–water partition coefficient (Wildman–Crippen LogP) is 1.50. The highest BCUT2D eigenvalue weighted by Gasteiger charge is 2.33. The van der Waals surface area contributed by atoms with E-state index in [1.54, 1.807) is 41.3 Å². The summed E-state index contributed by atoms with van der Waals surface area (Å²) in [6.07, 6.45) is -0.994. The Labute approximate surface area is 236 Å². The number of ether oxygens (including phenoxy) is 1. The molecule has 0 unspecified atom stereocenters. The smallest absolute Gasteiger partial charge is 0.414 e. The van der Waals surface area contributed by atoms with Crippen molar-refractivity contribution in [2.45, 2.75) is 25.9 Å². The number of carbonyl (C=O) groups excluding carboxylic acids is 5. The lowest BCUT2D eigenvalue weighted by molar-refractivity contribution is -0.131. The number of anilines is 3. The quantitative estimate of drug-likeness (QED) is 0.345. The van der Waals surface area contributed by atoms with Crippen LogP contribution < -0.4 is 26.2 Å². The number of Topliss-reactive ketones (excluding diaryl/α,β-unsaturated/α-hetero) is 1. The summed E-state index contributed by atoms with van der Waals surface area (Å²) in [6.45, 7) is 3.34. The molecule has 0 saturated carbocycles. The Balaban J connectivity index is 1.24. The first-order valence-corrected chi connectivity index (χ1v) is 13.3. The summed E-state index contributed by atoms with van der Waals surface area (Å²) >= 11 is 0. The number of primary amides is 1. The van der Waals surface area contributed by atoms with Crippen LogP contribution in [0.3, 0.4) is 0 Å². The molecule has 12 nitrogen and oxygen atoms in total. The van der Waals surface area contributed by atoms with Gasteiger partial charge in [-0.2, -0.15) is 0 Å². The van der Waals surface area contributed by atoms with E-state index in [1.165, 1.54) is 17.9 Å². The number of rotatable bonds is 11. The Morgan fingerprint density at radius 1 is 1.02 bits per heavy atom. The van der Waals surface area contributed by atoms with E-state index in [-0.39, 0.29) is 50.1 Å². The van der Waals surface area contributed by atoms with E-state index in [0.29, 0.717) is 48.8 Å². The second kappa shape index (κ2) is 13.1. The van der Waals surface area contributed by atoms with Gasteiger partial charge in [-0.3, -0.25) is 24.1 Å². The molecular weight excluding hydrogens is 535 g/mol. The number of carbonyl (C=O) groups is 5. The van der Waals surface area contributed by atoms with E-state index in [1.807, 2.05) is 4.90 Å². The van der Waals surface area contributed by atoms with Gasteiger partial charge in [0.15, 0.2) is 5.78 Å². The minimum absolute atomic E-state index is 0.00937. The highest BCUT2D eigenvalue weighted by Crippen LogP contribution is 2.28. The fourth-order valence-corrected chi connectivity index (χ4v) is 4.70. The molecule has 41 heavy (non-hydrogen) atoms. The average Bonchev–Trinajstić information content (AvgIpc) is 3.34. The van der Waals surface area contributed by atoms with Crippen LogP contribution in [0.1, 0.15) is 30.1 Å². The normalized spacial score (nSPS) is 16.8. The molecule has 0 aliphatic carbocycles. The molecule has 4 rings (SSSR count). The van der Waals surface area contributed by atoms with Gasteiger partial charge < -0.3 is 30.9 Å². The topological polar surface area (TPSA) is 154 Å². The summed E-state index contributed by atoms with van der Waals surface area (Å²) in [7, 11) is 0. The van der Waals surface area contributed by atoms with Crippen molar-refractivity contribution < 1.29 is 33.1 Å². The molecule has 2 aromatic carbocycles. The summed E-state index contributed by atoms with van der Waals surface area (Å²) in [5.41, 5.74) is 6.96. The van der Waals surface area contributed by atoms with Crippen LogP contribution in [-0.2, 0) is 19.1 Å². The zero-order chi connectivity index (χ0) is 29.5. The molecule has 2 heterocycles. The van der Waals surface area contributed by atoms with Gasteiger partial charge in [-0.1, -0.05) is 0 Å².